The van der Waals surface area contributed by atoms with Crippen molar-refractivity contribution in [1.82, 2.24) is 5.32 Å². The van der Waals surface area contributed by atoms with Gasteiger partial charge in [0.15, 0.2) is 0 Å². The molecule has 0 radical (unpaired) electrons. The van der Waals surface area contributed by atoms with Gasteiger partial charge in [0.05, 0.1) is 0 Å². The average molecular weight is 289 g/mol. The van der Waals surface area contributed by atoms with E-state index in [2.05, 4.69) is 19.2 Å². The molecular weight excluding hydrogens is 268 g/mol. The zero-order valence-corrected chi connectivity index (χ0v) is 12.4. The lowest BCUT2D eigenvalue weighted by molar-refractivity contribution is 0.461. The molecule has 2 aromatic rings. The Morgan fingerprint density at radius 1 is 0.810 bits per heavy atom. The van der Waals surface area contributed by atoms with Gasteiger partial charge in [-0.1, -0.05) is 24.3 Å². The molecule has 0 saturated heterocycles. The van der Waals surface area contributed by atoms with Crippen LogP contribution in [0.25, 0.3) is 0 Å². The van der Waals surface area contributed by atoms with Gasteiger partial charge in [-0.3, -0.25) is 0 Å². The largest absolute Gasteiger partial charge is 0.311 e. The van der Waals surface area contributed by atoms with Crippen LogP contribution in [0.2, 0.25) is 0 Å². The summed E-state index contributed by atoms with van der Waals surface area (Å²) in [5.41, 5.74) is 2.10. The zero-order valence-electron chi connectivity index (χ0n) is 12.4. The molecule has 0 spiro atoms. The van der Waals surface area contributed by atoms with Crippen LogP contribution >= 0.6 is 0 Å². The van der Waals surface area contributed by atoms with Crippen LogP contribution in [-0.4, -0.2) is 12.1 Å². The molecule has 1 nitrogen and oxygen atoms in total. The van der Waals surface area contributed by atoms with E-state index < -0.39 is 0 Å². The number of hydrogen-bond donors (Lipinski definition) is 1. The third kappa shape index (κ3) is 5.27. The molecule has 21 heavy (non-hydrogen) atoms. The second-order valence-electron chi connectivity index (χ2n) is 5.63. The average Bonchev–Trinajstić information content (AvgIpc) is 2.41. The van der Waals surface area contributed by atoms with E-state index in [1.54, 1.807) is 12.1 Å². The maximum atomic E-state index is 13.1. The number of hydrogen-bond acceptors (Lipinski definition) is 1. The molecule has 3 heteroatoms. The molecule has 0 aliphatic carbocycles. The molecular formula is C18H21F2N. The SMILES string of the molecule is CC(Cc1ccc(F)cc1)NC(C)Cc1cccc(F)c1. The zero-order chi connectivity index (χ0) is 15.2. The van der Waals surface area contributed by atoms with Crippen molar-refractivity contribution in [3.63, 3.8) is 0 Å². The Labute approximate surface area is 125 Å². The predicted molar refractivity (Wildman–Crippen MR) is 82.3 cm³/mol. The summed E-state index contributed by atoms with van der Waals surface area (Å²) in [5, 5.41) is 3.49. The summed E-state index contributed by atoms with van der Waals surface area (Å²) >= 11 is 0. The first-order chi connectivity index (χ1) is 10.0. The minimum absolute atomic E-state index is 0.195. The van der Waals surface area contributed by atoms with Gasteiger partial charge in [-0.2, -0.15) is 0 Å². The lowest BCUT2D eigenvalue weighted by Gasteiger charge is -2.20. The van der Waals surface area contributed by atoms with E-state index in [-0.39, 0.29) is 23.7 Å². The normalized spacial score (nSPS) is 13.9. The van der Waals surface area contributed by atoms with Crippen LogP contribution in [0.4, 0.5) is 8.78 Å². The second kappa shape index (κ2) is 7.32. The van der Waals surface area contributed by atoms with Crippen LogP contribution < -0.4 is 5.32 Å². The van der Waals surface area contributed by atoms with E-state index >= 15 is 0 Å². The molecule has 2 rings (SSSR count). The van der Waals surface area contributed by atoms with Crippen LogP contribution in [0, 0.1) is 11.6 Å². The maximum Gasteiger partial charge on any atom is 0.123 e. The molecule has 0 aliphatic rings. The summed E-state index contributed by atoms with van der Waals surface area (Å²) in [6.45, 7) is 4.19. The second-order valence-corrected chi connectivity index (χ2v) is 5.63. The van der Waals surface area contributed by atoms with Crippen molar-refractivity contribution in [3.05, 3.63) is 71.3 Å². The highest BCUT2D eigenvalue weighted by atomic mass is 19.1. The van der Waals surface area contributed by atoms with Crippen LogP contribution in [-0.2, 0) is 12.8 Å². The van der Waals surface area contributed by atoms with E-state index in [4.69, 9.17) is 0 Å². The number of benzene rings is 2. The van der Waals surface area contributed by atoms with Gasteiger partial charge < -0.3 is 5.32 Å². The van der Waals surface area contributed by atoms with Crippen LogP contribution in [0.3, 0.4) is 0 Å². The van der Waals surface area contributed by atoms with Gasteiger partial charge >= 0.3 is 0 Å². The fourth-order valence-electron chi connectivity index (χ4n) is 2.60. The van der Waals surface area contributed by atoms with Crippen molar-refractivity contribution < 1.29 is 8.78 Å². The van der Waals surface area contributed by atoms with Crippen LogP contribution in [0.15, 0.2) is 48.5 Å². The van der Waals surface area contributed by atoms with Gasteiger partial charge in [0.2, 0.25) is 0 Å². The first-order valence-electron chi connectivity index (χ1n) is 7.28. The first kappa shape index (κ1) is 15.6. The van der Waals surface area contributed by atoms with E-state index in [1.807, 2.05) is 18.2 Å². The third-order valence-corrected chi connectivity index (χ3v) is 3.46. The monoisotopic (exact) mass is 289 g/mol. The van der Waals surface area contributed by atoms with Crippen LogP contribution in [0.5, 0.6) is 0 Å². The topological polar surface area (TPSA) is 12.0 Å². The minimum Gasteiger partial charge on any atom is -0.311 e. The molecule has 1 N–H and O–H groups in total. The molecule has 112 valence electrons. The fraction of sp³-hybridized carbons (Fsp3) is 0.333. The summed E-state index contributed by atoms with van der Waals surface area (Å²) in [6, 6.07) is 13.8. The lowest BCUT2D eigenvalue weighted by Crippen LogP contribution is -2.37. The first-order valence-corrected chi connectivity index (χ1v) is 7.28. The van der Waals surface area contributed by atoms with Crippen LogP contribution in [0.1, 0.15) is 25.0 Å². The summed E-state index contributed by atoms with van der Waals surface area (Å²) in [5.74, 6) is -0.405. The Morgan fingerprint density at radius 3 is 2.05 bits per heavy atom. The van der Waals surface area contributed by atoms with Crippen molar-refractivity contribution in [2.24, 2.45) is 0 Å². The van der Waals surface area contributed by atoms with E-state index in [0.29, 0.717) is 0 Å². The summed E-state index contributed by atoms with van der Waals surface area (Å²) in [6.07, 6.45) is 1.62. The molecule has 0 fully saturated rings. The molecule has 0 aliphatic heterocycles. The number of rotatable bonds is 6. The van der Waals surface area contributed by atoms with Gasteiger partial charge in [0.1, 0.15) is 11.6 Å². The summed E-state index contributed by atoms with van der Waals surface area (Å²) in [7, 11) is 0. The molecule has 2 aromatic carbocycles. The Morgan fingerprint density at radius 2 is 1.43 bits per heavy atom. The number of halogens is 2. The van der Waals surface area contributed by atoms with E-state index in [1.165, 1.54) is 18.2 Å². The fourth-order valence-corrected chi connectivity index (χ4v) is 2.60. The Kier molecular flexibility index (Phi) is 5.45. The molecule has 2 atom stereocenters. The Balaban J connectivity index is 1.84. The molecule has 0 bridgehead atoms. The molecule has 0 heterocycles. The Bertz CT molecular complexity index is 566. The molecule has 0 saturated carbocycles. The maximum absolute atomic E-state index is 13.1. The van der Waals surface area contributed by atoms with Crippen molar-refractivity contribution in [2.75, 3.05) is 0 Å². The minimum atomic E-state index is -0.209. The summed E-state index contributed by atoms with van der Waals surface area (Å²) < 4.78 is 26.0. The predicted octanol–water partition coefficient (Wildman–Crippen LogP) is 4.12. The molecule has 0 aromatic heterocycles. The van der Waals surface area contributed by atoms with Gasteiger partial charge in [-0.15, -0.1) is 0 Å². The highest BCUT2D eigenvalue weighted by Gasteiger charge is 2.09. The molecule has 2 unspecified atom stereocenters. The van der Waals surface area contributed by atoms with Crippen molar-refractivity contribution >= 4 is 0 Å². The van der Waals surface area contributed by atoms with Crippen molar-refractivity contribution in [3.8, 4) is 0 Å². The highest BCUT2D eigenvalue weighted by Crippen LogP contribution is 2.09. The van der Waals surface area contributed by atoms with Crippen molar-refractivity contribution in [1.29, 1.82) is 0 Å². The van der Waals surface area contributed by atoms with Gasteiger partial charge in [0.25, 0.3) is 0 Å². The highest BCUT2D eigenvalue weighted by molar-refractivity contribution is 5.18. The quantitative estimate of drug-likeness (QED) is 0.843. The standard InChI is InChI=1S/C18H21F2N/c1-13(10-15-6-8-17(19)9-7-15)21-14(2)11-16-4-3-5-18(20)12-16/h3-9,12-14,21H,10-11H2,1-2H3. The van der Waals surface area contributed by atoms with Crippen molar-refractivity contribution in [2.45, 2.75) is 38.8 Å². The van der Waals surface area contributed by atoms with E-state index in [0.717, 1.165) is 24.0 Å². The summed E-state index contributed by atoms with van der Waals surface area (Å²) in [4.78, 5) is 0. The van der Waals surface area contributed by atoms with Gasteiger partial charge in [-0.25, -0.2) is 8.78 Å². The molecule has 0 amide bonds. The number of nitrogens with one attached hydrogen (secondary N) is 1. The van der Waals surface area contributed by atoms with Gasteiger partial charge in [0, 0.05) is 12.1 Å². The van der Waals surface area contributed by atoms with Gasteiger partial charge in [-0.05, 0) is 62.1 Å². The Hall–Kier alpha value is -1.74. The van der Waals surface area contributed by atoms with E-state index in [9.17, 15) is 8.78 Å². The lowest BCUT2D eigenvalue weighted by atomic mass is 10.0. The third-order valence-electron chi connectivity index (χ3n) is 3.46. The smallest absolute Gasteiger partial charge is 0.123 e.